The smallest absolute Gasteiger partial charge is 0.267 e. The Morgan fingerprint density at radius 3 is 2.52 bits per heavy atom. The van der Waals surface area contributed by atoms with E-state index in [9.17, 15) is 13.2 Å². The first kappa shape index (κ1) is 15.4. The summed E-state index contributed by atoms with van der Waals surface area (Å²) < 4.78 is 21.7. The van der Waals surface area contributed by atoms with Gasteiger partial charge < -0.3 is 10.4 Å². The molecule has 0 aliphatic heterocycles. The third-order valence-corrected chi connectivity index (χ3v) is 4.62. The first-order chi connectivity index (χ1) is 9.84. The molecule has 112 valence electrons. The number of anilines is 1. The van der Waals surface area contributed by atoms with E-state index in [0.717, 1.165) is 5.56 Å². The normalized spacial score (nSPS) is 11.3. The van der Waals surface area contributed by atoms with Crippen LogP contribution in [0.2, 0.25) is 0 Å². The zero-order valence-corrected chi connectivity index (χ0v) is 12.3. The molecule has 0 saturated heterocycles. The molecule has 2 rings (SSSR count). The average molecular weight is 328 g/mol. The van der Waals surface area contributed by atoms with Crippen molar-refractivity contribution in [2.24, 2.45) is 5.14 Å². The van der Waals surface area contributed by atoms with Gasteiger partial charge in [0.25, 0.3) is 10.0 Å². The SMILES string of the molecule is NS(=O)(=O)c1nnc(NC(=O)CCc2ccc(O)cc2)s1. The van der Waals surface area contributed by atoms with Crippen molar-refractivity contribution >= 4 is 32.4 Å². The summed E-state index contributed by atoms with van der Waals surface area (Å²) in [4.78, 5) is 11.7. The van der Waals surface area contributed by atoms with Gasteiger partial charge in [0.2, 0.25) is 15.4 Å². The summed E-state index contributed by atoms with van der Waals surface area (Å²) in [6.45, 7) is 0. The van der Waals surface area contributed by atoms with Gasteiger partial charge in [-0.25, -0.2) is 13.6 Å². The number of benzene rings is 1. The second kappa shape index (κ2) is 6.16. The number of nitrogens with zero attached hydrogens (tertiary/aromatic N) is 2. The molecule has 0 atom stereocenters. The summed E-state index contributed by atoms with van der Waals surface area (Å²) >= 11 is 0.692. The maximum Gasteiger partial charge on any atom is 0.267 e. The molecule has 2 aromatic rings. The summed E-state index contributed by atoms with van der Waals surface area (Å²) in [5.41, 5.74) is 0.894. The van der Waals surface area contributed by atoms with Crippen LogP contribution in [0.25, 0.3) is 0 Å². The van der Waals surface area contributed by atoms with E-state index in [1.54, 1.807) is 12.1 Å². The quantitative estimate of drug-likeness (QED) is 0.682. The molecule has 0 spiro atoms. The number of hydrogen-bond donors (Lipinski definition) is 3. The number of nitrogens with one attached hydrogen (secondary N) is 1. The van der Waals surface area contributed by atoms with E-state index < -0.39 is 10.0 Å². The minimum atomic E-state index is -3.91. The third kappa shape index (κ3) is 4.48. The van der Waals surface area contributed by atoms with E-state index in [1.165, 1.54) is 12.1 Å². The summed E-state index contributed by atoms with van der Waals surface area (Å²) in [7, 11) is -3.91. The Morgan fingerprint density at radius 1 is 1.29 bits per heavy atom. The van der Waals surface area contributed by atoms with E-state index in [-0.39, 0.29) is 27.5 Å². The molecule has 4 N–H and O–H groups in total. The Bertz CT molecular complexity index is 740. The lowest BCUT2D eigenvalue weighted by molar-refractivity contribution is -0.116. The highest BCUT2D eigenvalue weighted by atomic mass is 32.2. The lowest BCUT2D eigenvalue weighted by atomic mass is 10.1. The van der Waals surface area contributed by atoms with Gasteiger partial charge in [-0.05, 0) is 24.1 Å². The lowest BCUT2D eigenvalue weighted by Crippen LogP contribution is -2.12. The van der Waals surface area contributed by atoms with Crippen LogP contribution in [0.15, 0.2) is 28.6 Å². The number of amides is 1. The fourth-order valence-corrected chi connectivity index (χ4v) is 2.83. The van der Waals surface area contributed by atoms with Crippen molar-refractivity contribution in [3.05, 3.63) is 29.8 Å². The fourth-order valence-electron chi connectivity index (χ4n) is 1.48. The number of hydrogen-bond acceptors (Lipinski definition) is 7. The first-order valence-corrected chi connectivity index (χ1v) is 8.15. The molecule has 8 nitrogen and oxygen atoms in total. The van der Waals surface area contributed by atoms with Crippen LogP contribution in [0.1, 0.15) is 12.0 Å². The number of phenolic OH excluding ortho intramolecular Hbond substituents is 1. The standard InChI is InChI=1S/C11H12N4O4S2/c12-21(18,19)11-15-14-10(20-11)13-9(17)6-3-7-1-4-8(16)5-2-7/h1-2,4-5,16H,3,6H2,(H2,12,18,19)(H,13,14,17). The van der Waals surface area contributed by atoms with E-state index in [1.807, 2.05) is 0 Å². The predicted molar refractivity (Wildman–Crippen MR) is 76.3 cm³/mol. The lowest BCUT2D eigenvalue weighted by Gasteiger charge is -2.02. The summed E-state index contributed by atoms with van der Waals surface area (Å²) in [6, 6.07) is 6.51. The Kier molecular flexibility index (Phi) is 4.50. The maximum atomic E-state index is 11.7. The van der Waals surface area contributed by atoms with Crippen LogP contribution in [-0.4, -0.2) is 29.6 Å². The summed E-state index contributed by atoms with van der Waals surface area (Å²) in [6.07, 6.45) is 0.669. The zero-order chi connectivity index (χ0) is 15.5. The molecule has 0 fully saturated rings. The molecule has 0 saturated carbocycles. The molecule has 1 heterocycles. The van der Waals surface area contributed by atoms with E-state index in [2.05, 4.69) is 15.5 Å². The molecule has 1 aromatic heterocycles. The molecule has 0 aliphatic carbocycles. The molecular formula is C11H12N4O4S2. The number of nitrogens with two attached hydrogens (primary N) is 1. The van der Waals surface area contributed by atoms with Gasteiger partial charge in [-0.1, -0.05) is 23.5 Å². The minimum Gasteiger partial charge on any atom is -0.508 e. The molecule has 1 aromatic carbocycles. The van der Waals surface area contributed by atoms with Crippen molar-refractivity contribution < 1.29 is 18.3 Å². The van der Waals surface area contributed by atoms with Gasteiger partial charge in [0.05, 0.1) is 0 Å². The number of phenols is 1. The Balaban J connectivity index is 1.90. The van der Waals surface area contributed by atoms with Crippen molar-refractivity contribution in [1.29, 1.82) is 0 Å². The Hall–Kier alpha value is -2.04. The summed E-state index contributed by atoms with van der Waals surface area (Å²) in [5.74, 6) is -0.159. The molecule has 0 unspecified atom stereocenters. The van der Waals surface area contributed by atoms with Gasteiger partial charge >= 0.3 is 0 Å². The first-order valence-electron chi connectivity index (χ1n) is 5.78. The number of carbonyl (C=O) groups is 1. The van der Waals surface area contributed by atoms with Gasteiger partial charge in [-0.15, -0.1) is 10.2 Å². The number of rotatable bonds is 5. The van der Waals surface area contributed by atoms with Crippen molar-refractivity contribution in [2.45, 2.75) is 17.2 Å². The average Bonchev–Trinajstić information content (AvgIpc) is 2.86. The topological polar surface area (TPSA) is 135 Å². The van der Waals surface area contributed by atoms with Gasteiger partial charge in [0.15, 0.2) is 0 Å². The fraction of sp³-hybridized carbons (Fsp3) is 0.182. The molecule has 21 heavy (non-hydrogen) atoms. The molecular weight excluding hydrogens is 316 g/mol. The highest BCUT2D eigenvalue weighted by Gasteiger charge is 2.16. The maximum absolute atomic E-state index is 11.7. The van der Waals surface area contributed by atoms with Crippen molar-refractivity contribution in [1.82, 2.24) is 10.2 Å². The van der Waals surface area contributed by atoms with Crippen LogP contribution < -0.4 is 10.5 Å². The van der Waals surface area contributed by atoms with Crippen LogP contribution in [0, 0.1) is 0 Å². The third-order valence-electron chi connectivity index (χ3n) is 2.47. The molecule has 0 bridgehead atoms. The zero-order valence-electron chi connectivity index (χ0n) is 10.7. The number of primary sulfonamides is 1. The second-order valence-electron chi connectivity index (χ2n) is 4.13. The van der Waals surface area contributed by atoms with E-state index in [4.69, 9.17) is 10.2 Å². The Morgan fingerprint density at radius 2 is 1.95 bits per heavy atom. The van der Waals surface area contributed by atoms with E-state index in [0.29, 0.717) is 17.8 Å². The molecule has 1 amide bonds. The predicted octanol–water partition coefficient (Wildman–Crippen LogP) is 0.462. The van der Waals surface area contributed by atoms with Crippen LogP contribution in [0.4, 0.5) is 5.13 Å². The van der Waals surface area contributed by atoms with Crippen LogP contribution >= 0.6 is 11.3 Å². The highest BCUT2D eigenvalue weighted by molar-refractivity contribution is 7.91. The molecule has 10 heteroatoms. The van der Waals surface area contributed by atoms with Gasteiger partial charge in [0.1, 0.15) is 5.75 Å². The van der Waals surface area contributed by atoms with Gasteiger partial charge in [-0.3, -0.25) is 4.79 Å². The van der Waals surface area contributed by atoms with Crippen LogP contribution in [0.5, 0.6) is 5.75 Å². The number of aromatic nitrogens is 2. The number of sulfonamides is 1. The van der Waals surface area contributed by atoms with Crippen molar-refractivity contribution in [2.75, 3.05) is 5.32 Å². The molecule has 0 radical (unpaired) electrons. The van der Waals surface area contributed by atoms with Crippen LogP contribution in [-0.2, 0) is 21.2 Å². The monoisotopic (exact) mass is 328 g/mol. The van der Waals surface area contributed by atoms with Gasteiger partial charge in [0, 0.05) is 6.42 Å². The number of aryl methyl sites for hydroxylation is 1. The van der Waals surface area contributed by atoms with Crippen LogP contribution in [0.3, 0.4) is 0 Å². The van der Waals surface area contributed by atoms with Gasteiger partial charge in [-0.2, -0.15) is 0 Å². The highest BCUT2D eigenvalue weighted by Crippen LogP contribution is 2.19. The van der Waals surface area contributed by atoms with Crippen molar-refractivity contribution in [3.63, 3.8) is 0 Å². The molecule has 0 aliphatic rings. The minimum absolute atomic E-state index is 0.0785. The van der Waals surface area contributed by atoms with Crippen molar-refractivity contribution in [3.8, 4) is 5.75 Å². The number of aromatic hydroxyl groups is 1. The van der Waals surface area contributed by atoms with E-state index >= 15 is 0 Å². The number of carbonyl (C=O) groups excluding carboxylic acids is 1. The second-order valence-corrected chi connectivity index (χ2v) is 6.85. The Labute approximate surface area is 124 Å². The summed E-state index contributed by atoms with van der Waals surface area (Å²) in [5, 5.41) is 23.5. The largest absolute Gasteiger partial charge is 0.508 e.